The van der Waals surface area contributed by atoms with Gasteiger partial charge in [0.2, 0.25) is 5.91 Å². The van der Waals surface area contributed by atoms with Crippen LogP contribution in [0.15, 0.2) is 12.7 Å². The van der Waals surface area contributed by atoms with E-state index in [1.807, 2.05) is 0 Å². The van der Waals surface area contributed by atoms with Crippen LogP contribution in [-0.4, -0.2) is 36.4 Å². The van der Waals surface area contributed by atoms with Gasteiger partial charge in [0.25, 0.3) is 0 Å². The molecule has 0 rings (SSSR count). The first-order valence-electron chi connectivity index (χ1n) is 5.81. The quantitative estimate of drug-likeness (QED) is 0.405. The predicted molar refractivity (Wildman–Crippen MR) is 57.1 cm³/mol. The highest BCUT2D eigenvalue weighted by Gasteiger charge is 2.19. The van der Waals surface area contributed by atoms with E-state index >= 15 is 0 Å². The van der Waals surface area contributed by atoms with Crippen LogP contribution in [0, 0.1) is 0 Å². The van der Waals surface area contributed by atoms with E-state index in [0.717, 1.165) is 18.7 Å². The summed E-state index contributed by atoms with van der Waals surface area (Å²) in [5.41, 5.74) is 0. The zero-order valence-electron chi connectivity index (χ0n) is 11.8. The van der Waals surface area contributed by atoms with Crippen molar-refractivity contribution in [3.8, 4) is 0 Å². The maximum absolute atomic E-state index is 11.6. The molecule has 4 nitrogen and oxygen atoms in total. The number of carbonyl (C=O) groups is 2. The lowest BCUT2D eigenvalue weighted by molar-refractivity contribution is -0.144. The summed E-state index contributed by atoms with van der Waals surface area (Å²) in [6.45, 7) is 4.60. The highest BCUT2D eigenvalue weighted by atomic mass is 32.2. The van der Waals surface area contributed by atoms with E-state index in [2.05, 4.69) is 16.6 Å². The average molecular weight is 221 g/mol. The van der Waals surface area contributed by atoms with Gasteiger partial charge in [-0.25, -0.2) is 4.79 Å². The van der Waals surface area contributed by atoms with Gasteiger partial charge in [-0.2, -0.15) is 11.8 Å². The smallest absolute Gasteiger partial charge is 0.329 e. The highest BCUT2D eigenvalue weighted by Crippen LogP contribution is 2.04. The van der Waals surface area contributed by atoms with Crippen LogP contribution in [0.1, 0.15) is 12.4 Å². The highest BCUT2D eigenvalue weighted by molar-refractivity contribution is 7.99. The number of thioether (sulfide) groups is 1. The fraction of sp³-hybridized carbons (Fsp3) is 0.556. The number of rotatable bonds is 6. The van der Waals surface area contributed by atoms with E-state index in [9.17, 15) is 9.59 Å². The summed E-state index contributed by atoms with van der Waals surface area (Å²) in [5, 5.41) is 2.09. The van der Waals surface area contributed by atoms with Crippen molar-refractivity contribution in [2.24, 2.45) is 0 Å². The van der Waals surface area contributed by atoms with Crippen molar-refractivity contribution in [2.45, 2.75) is 12.9 Å². The molecule has 14 heavy (non-hydrogen) atoms. The number of ether oxygens (including phenoxy) is 1. The normalized spacial score (nSPS) is 18.9. The summed E-state index contributed by atoms with van der Waals surface area (Å²) in [7, 11) is -2.94. The first kappa shape index (κ1) is 7.34. The fourth-order valence-electron chi connectivity index (χ4n) is 0.664. The van der Waals surface area contributed by atoms with E-state index in [0.29, 0.717) is 5.75 Å². The Labute approximate surface area is 93.7 Å². The van der Waals surface area contributed by atoms with E-state index in [1.54, 1.807) is 6.08 Å². The van der Waals surface area contributed by atoms with Gasteiger partial charge in [-0.05, 0) is 0 Å². The molecule has 1 N–H and O–H groups in total. The Balaban J connectivity index is 4.78. The largest absolute Gasteiger partial charge is 0.467 e. The molecule has 0 aliphatic carbocycles. The second-order valence-corrected chi connectivity index (χ2v) is 3.38. The third kappa shape index (κ3) is 5.64. The Hall–Kier alpha value is -0.970. The van der Waals surface area contributed by atoms with Crippen molar-refractivity contribution in [1.82, 2.24) is 5.32 Å². The molecular formula is C9H15NO3S. The number of hydrogen-bond acceptors (Lipinski definition) is 4. The van der Waals surface area contributed by atoms with Gasteiger partial charge in [-0.15, -0.1) is 6.58 Å². The molecular weight excluding hydrogens is 202 g/mol. The Kier molecular flexibility index (Phi) is 3.90. The number of hydrogen-bond donors (Lipinski definition) is 1. The molecule has 0 radical (unpaired) electrons. The molecule has 0 fully saturated rings. The van der Waals surface area contributed by atoms with Crippen LogP contribution in [-0.2, 0) is 14.3 Å². The number of nitrogens with one attached hydrogen (secondary N) is 1. The summed E-state index contributed by atoms with van der Waals surface area (Å²) in [5.74, 6) is -1.60. The van der Waals surface area contributed by atoms with Crippen molar-refractivity contribution in [3.05, 3.63) is 12.7 Å². The summed E-state index contributed by atoms with van der Waals surface area (Å²) in [4.78, 5) is 22.5. The van der Waals surface area contributed by atoms with Crippen molar-refractivity contribution < 1.29 is 19.8 Å². The topological polar surface area (TPSA) is 55.4 Å². The third-order valence-electron chi connectivity index (χ3n) is 1.15. The summed E-state index contributed by atoms with van der Waals surface area (Å²) >= 11 is 1.15. The molecule has 80 valence electrons. The van der Waals surface area contributed by atoms with Gasteiger partial charge in [0.15, 0.2) is 0 Å². The first-order valence-corrected chi connectivity index (χ1v) is 4.97. The zero-order valence-corrected chi connectivity index (χ0v) is 8.65. The maximum atomic E-state index is 11.6. The predicted octanol–water partition coefficient (Wildman–Crippen LogP) is 0.583. The lowest BCUT2D eigenvalue weighted by Gasteiger charge is -2.14. The van der Waals surface area contributed by atoms with Crippen LogP contribution in [0.25, 0.3) is 0 Å². The number of amides is 1. The fourth-order valence-corrected chi connectivity index (χ4v) is 1.34. The first-order chi connectivity index (χ1) is 8.10. The lowest BCUT2D eigenvalue weighted by atomic mass is 10.3. The molecule has 1 amide bonds. The summed E-state index contributed by atoms with van der Waals surface area (Å²) in [6, 6.07) is -2.12. The minimum absolute atomic E-state index is 0.131. The molecule has 0 aromatic heterocycles. The van der Waals surface area contributed by atoms with Crippen molar-refractivity contribution in [2.75, 3.05) is 18.5 Å². The van der Waals surface area contributed by atoms with Crippen LogP contribution < -0.4 is 5.32 Å². The lowest BCUT2D eigenvalue weighted by Crippen LogP contribution is -2.42. The molecule has 0 heterocycles. The van der Waals surface area contributed by atoms with Gasteiger partial charge >= 0.3 is 5.97 Å². The molecule has 0 saturated heterocycles. The Bertz CT molecular complexity index is 334. The number of carbonyl (C=O) groups excluding carboxylic acids is 2. The van der Waals surface area contributed by atoms with Crippen molar-refractivity contribution in [1.29, 1.82) is 0 Å². The van der Waals surface area contributed by atoms with Gasteiger partial charge < -0.3 is 10.1 Å². The molecule has 0 unspecified atom stereocenters. The Morgan fingerprint density at radius 2 is 2.57 bits per heavy atom. The molecule has 0 saturated carbocycles. The minimum Gasteiger partial charge on any atom is -0.467 e. The molecule has 0 spiro atoms. The maximum Gasteiger partial charge on any atom is 0.329 e. The standard InChI is InChI=1S/C9H15NO3S/c1-4-5-14-6-8(9(12)13-3)10-7(2)11/h4,8H,1,5-6H2,2-3H3,(H,10,11)/t8-/m1/s1/i3D3,8D. The van der Waals surface area contributed by atoms with Crippen LogP contribution in [0.3, 0.4) is 0 Å². The van der Waals surface area contributed by atoms with Crippen LogP contribution in [0.2, 0.25) is 0 Å². The summed E-state index contributed by atoms with van der Waals surface area (Å²) < 4.78 is 32.4. The number of methoxy groups -OCH3 is 1. The minimum atomic E-state index is -2.94. The zero-order chi connectivity index (χ0) is 14.4. The third-order valence-corrected chi connectivity index (χ3v) is 2.11. The second-order valence-electron chi connectivity index (χ2n) is 2.35. The molecule has 0 aromatic rings. The Morgan fingerprint density at radius 3 is 3.07 bits per heavy atom. The van der Waals surface area contributed by atoms with Crippen LogP contribution in [0.4, 0.5) is 0 Å². The van der Waals surface area contributed by atoms with Gasteiger partial charge in [0.1, 0.15) is 6.02 Å². The SMILES string of the molecule is [2H]C([2H])([2H])OC(=O)[C@@]([2H])(CSCC=C)NC(C)=O. The summed E-state index contributed by atoms with van der Waals surface area (Å²) in [6.07, 6.45) is 1.56. The van der Waals surface area contributed by atoms with Gasteiger partial charge in [0, 0.05) is 18.4 Å². The molecule has 5 heteroatoms. The monoisotopic (exact) mass is 221 g/mol. The second kappa shape index (κ2) is 7.44. The molecule has 0 aromatic carbocycles. The molecule has 0 bridgehead atoms. The molecule has 0 aliphatic rings. The number of esters is 1. The van der Waals surface area contributed by atoms with Crippen molar-refractivity contribution in [3.63, 3.8) is 0 Å². The molecule has 1 atom stereocenters. The van der Waals surface area contributed by atoms with Crippen LogP contribution in [0.5, 0.6) is 0 Å². The van der Waals surface area contributed by atoms with Crippen molar-refractivity contribution >= 4 is 23.6 Å². The van der Waals surface area contributed by atoms with Gasteiger partial charge in [-0.1, -0.05) is 6.08 Å². The van der Waals surface area contributed by atoms with E-state index in [-0.39, 0.29) is 5.75 Å². The van der Waals surface area contributed by atoms with Gasteiger partial charge in [0.05, 0.1) is 12.5 Å². The van der Waals surface area contributed by atoms with E-state index in [4.69, 9.17) is 5.48 Å². The van der Waals surface area contributed by atoms with Crippen LogP contribution >= 0.6 is 11.8 Å². The Morgan fingerprint density at radius 1 is 1.86 bits per heavy atom. The average Bonchev–Trinajstić information content (AvgIpc) is 2.14. The van der Waals surface area contributed by atoms with E-state index < -0.39 is 24.9 Å². The van der Waals surface area contributed by atoms with E-state index in [1.165, 1.54) is 0 Å². The van der Waals surface area contributed by atoms with Gasteiger partial charge in [-0.3, -0.25) is 4.79 Å². The molecule has 0 aliphatic heterocycles.